The summed E-state index contributed by atoms with van der Waals surface area (Å²) in [6.07, 6.45) is 3.50. The Kier molecular flexibility index (Phi) is 2.22. The van der Waals surface area contributed by atoms with Crippen molar-refractivity contribution in [3.05, 3.63) is 23.0 Å². The quantitative estimate of drug-likeness (QED) is 0.673. The number of aldehydes is 1. The summed E-state index contributed by atoms with van der Waals surface area (Å²) in [5, 5.41) is 0. The van der Waals surface area contributed by atoms with Crippen molar-refractivity contribution < 1.29 is 4.79 Å². The van der Waals surface area contributed by atoms with Gasteiger partial charge in [0.2, 0.25) is 0 Å². The van der Waals surface area contributed by atoms with E-state index in [4.69, 9.17) is 0 Å². The predicted octanol–water partition coefficient (Wildman–Crippen LogP) is 2.84. The van der Waals surface area contributed by atoms with Crippen LogP contribution in [-0.2, 0) is 7.05 Å². The molecule has 0 unspecified atom stereocenters. The van der Waals surface area contributed by atoms with Crippen molar-refractivity contribution >= 4 is 6.29 Å². The second-order valence-corrected chi connectivity index (χ2v) is 4.52. The zero-order valence-electron chi connectivity index (χ0n) is 9.08. The fourth-order valence-electron chi connectivity index (χ4n) is 2.09. The fraction of sp³-hybridized carbons (Fsp3) is 0.583. The van der Waals surface area contributed by atoms with E-state index < -0.39 is 0 Å². The van der Waals surface area contributed by atoms with E-state index in [1.807, 2.05) is 11.6 Å². The fourth-order valence-corrected chi connectivity index (χ4v) is 2.09. The smallest absolute Gasteiger partial charge is 0.166 e. The van der Waals surface area contributed by atoms with Gasteiger partial charge in [0.25, 0.3) is 0 Å². The van der Waals surface area contributed by atoms with Gasteiger partial charge in [-0.15, -0.1) is 0 Å². The molecule has 0 amide bonds. The molecule has 76 valence electrons. The number of carbonyl (C=O) groups excluding carboxylic acids is 1. The van der Waals surface area contributed by atoms with Gasteiger partial charge in [-0.05, 0) is 36.3 Å². The lowest BCUT2D eigenvalue weighted by molar-refractivity contribution is 0.111. The molecule has 1 aliphatic carbocycles. The maximum atomic E-state index is 11.0. The van der Waals surface area contributed by atoms with Crippen LogP contribution in [0.15, 0.2) is 6.07 Å². The first-order chi connectivity index (χ1) is 6.65. The summed E-state index contributed by atoms with van der Waals surface area (Å²) >= 11 is 0. The van der Waals surface area contributed by atoms with Crippen molar-refractivity contribution in [3.8, 4) is 0 Å². The Morgan fingerprint density at radius 2 is 2.14 bits per heavy atom. The molecule has 2 nitrogen and oxygen atoms in total. The summed E-state index contributed by atoms with van der Waals surface area (Å²) in [6.45, 7) is 4.33. The third-order valence-corrected chi connectivity index (χ3v) is 3.07. The van der Waals surface area contributed by atoms with E-state index >= 15 is 0 Å². The first kappa shape index (κ1) is 9.50. The minimum Gasteiger partial charge on any atom is -0.345 e. The SMILES string of the molecule is CC(C)c1cc(C2CC2)c(C=O)n1C. The van der Waals surface area contributed by atoms with Gasteiger partial charge < -0.3 is 4.57 Å². The summed E-state index contributed by atoms with van der Waals surface area (Å²) in [4.78, 5) is 11.0. The molecule has 0 spiro atoms. The molecule has 0 atom stereocenters. The second kappa shape index (κ2) is 3.26. The molecule has 1 heterocycles. The van der Waals surface area contributed by atoms with Gasteiger partial charge in [0.15, 0.2) is 6.29 Å². The highest BCUT2D eigenvalue weighted by Crippen LogP contribution is 2.42. The van der Waals surface area contributed by atoms with Crippen molar-refractivity contribution in [2.45, 2.75) is 38.5 Å². The molecule has 1 aromatic heterocycles. The molecule has 0 saturated heterocycles. The maximum Gasteiger partial charge on any atom is 0.166 e. The van der Waals surface area contributed by atoms with Crippen molar-refractivity contribution in [1.82, 2.24) is 4.57 Å². The Morgan fingerprint density at radius 3 is 2.57 bits per heavy atom. The van der Waals surface area contributed by atoms with Crippen molar-refractivity contribution in [1.29, 1.82) is 0 Å². The standard InChI is InChI=1S/C12H17NO/c1-8(2)11-6-10(9-4-5-9)12(7-14)13(11)3/h6-9H,4-5H2,1-3H3. The van der Waals surface area contributed by atoms with E-state index in [0.29, 0.717) is 11.8 Å². The molecule has 0 N–H and O–H groups in total. The van der Waals surface area contributed by atoms with Crippen LogP contribution in [0, 0.1) is 0 Å². The van der Waals surface area contributed by atoms with Crippen LogP contribution in [0.25, 0.3) is 0 Å². The molecule has 0 bridgehead atoms. The summed E-state index contributed by atoms with van der Waals surface area (Å²) < 4.78 is 2.05. The van der Waals surface area contributed by atoms with E-state index in [-0.39, 0.29) is 0 Å². The van der Waals surface area contributed by atoms with Gasteiger partial charge >= 0.3 is 0 Å². The summed E-state index contributed by atoms with van der Waals surface area (Å²) in [5.74, 6) is 1.15. The average Bonchev–Trinajstić information content (AvgIpc) is 2.90. The molecule has 1 saturated carbocycles. The number of aromatic nitrogens is 1. The average molecular weight is 191 g/mol. The van der Waals surface area contributed by atoms with E-state index in [9.17, 15) is 4.79 Å². The normalized spacial score (nSPS) is 16.3. The van der Waals surface area contributed by atoms with Gasteiger partial charge in [0, 0.05) is 12.7 Å². The Balaban J connectivity index is 2.49. The monoisotopic (exact) mass is 191 g/mol. The van der Waals surface area contributed by atoms with E-state index in [1.54, 1.807) is 0 Å². The Hall–Kier alpha value is -1.05. The van der Waals surface area contributed by atoms with E-state index in [2.05, 4.69) is 19.9 Å². The summed E-state index contributed by atoms with van der Waals surface area (Å²) in [5.41, 5.74) is 3.43. The Labute approximate surface area is 84.9 Å². The van der Waals surface area contributed by atoms with E-state index in [0.717, 1.165) is 12.0 Å². The third-order valence-electron chi connectivity index (χ3n) is 3.07. The zero-order chi connectivity index (χ0) is 10.3. The molecule has 1 aromatic rings. The first-order valence-electron chi connectivity index (χ1n) is 5.29. The number of hydrogen-bond acceptors (Lipinski definition) is 1. The van der Waals surface area contributed by atoms with Crippen LogP contribution in [0.4, 0.5) is 0 Å². The van der Waals surface area contributed by atoms with Crippen molar-refractivity contribution in [3.63, 3.8) is 0 Å². The van der Waals surface area contributed by atoms with Gasteiger partial charge in [0.1, 0.15) is 0 Å². The third kappa shape index (κ3) is 1.39. The highest BCUT2D eigenvalue weighted by atomic mass is 16.1. The van der Waals surface area contributed by atoms with Crippen LogP contribution in [0.3, 0.4) is 0 Å². The Bertz CT molecular complexity index is 359. The Morgan fingerprint density at radius 1 is 1.50 bits per heavy atom. The van der Waals surface area contributed by atoms with Gasteiger partial charge in [0.05, 0.1) is 5.69 Å². The van der Waals surface area contributed by atoms with E-state index in [1.165, 1.54) is 24.1 Å². The largest absolute Gasteiger partial charge is 0.345 e. The zero-order valence-corrected chi connectivity index (χ0v) is 9.08. The number of nitrogens with zero attached hydrogens (tertiary/aromatic N) is 1. The van der Waals surface area contributed by atoms with Gasteiger partial charge in [-0.1, -0.05) is 13.8 Å². The summed E-state index contributed by atoms with van der Waals surface area (Å²) in [6, 6.07) is 2.21. The van der Waals surface area contributed by atoms with Gasteiger partial charge in [-0.25, -0.2) is 0 Å². The number of carbonyl (C=O) groups is 1. The van der Waals surface area contributed by atoms with Crippen LogP contribution < -0.4 is 0 Å². The van der Waals surface area contributed by atoms with Crippen LogP contribution in [0.2, 0.25) is 0 Å². The highest BCUT2D eigenvalue weighted by molar-refractivity contribution is 5.76. The maximum absolute atomic E-state index is 11.0. The molecule has 0 aliphatic heterocycles. The topological polar surface area (TPSA) is 22.0 Å². The number of rotatable bonds is 3. The molecule has 0 aromatic carbocycles. The van der Waals surface area contributed by atoms with Crippen LogP contribution >= 0.6 is 0 Å². The lowest BCUT2D eigenvalue weighted by Gasteiger charge is -2.06. The molecular weight excluding hydrogens is 174 g/mol. The van der Waals surface area contributed by atoms with Crippen molar-refractivity contribution in [2.75, 3.05) is 0 Å². The lowest BCUT2D eigenvalue weighted by Crippen LogP contribution is -2.02. The lowest BCUT2D eigenvalue weighted by atomic mass is 10.1. The van der Waals surface area contributed by atoms with Crippen LogP contribution in [0.1, 0.15) is 60.3 Å². The van der Waals surface area contributed by atoms with Gasteiger partial charge in [-0.3, -0.25) is 4.79 Å². The minimum atomic E-state index is 0.492. The molecule has 1 aliphatic rings. The molecule has 2 heteroatoms. The highest BCUT2D eigenvalue weighted by Gasteiger charge is 2.29. The minimum absolute atomic E-state index is 0.492. The number of hydrogen-bond donors (Lipinski definition) is 0. The van der Waals surface area contributed by atoms with Gasteiger partial charge in [-0.2, -0.15) is 0 Å². The molecule has 1 fully saturated rings. The molecule has 2 rings (SSSR count). The van der Waals surface area contributed by atoms with Crippen LogP contribution in [-0.4, -0.2) is 10.9 Å². The predicted molar refractivity (Wildman–Crippen MR) is 56.9 cm³/mol. The van der Waals surface area contributed by atoms with Crippen LogP contribution in [0.5, 0.6) is 0 Å². The molecule has 0 radical (unpaired) electrons. The molecule has 14 heavy (non-hydrogen) atoms. The second-order valence-electron chi connectivity index (χ2n) is 4.52. The van der Waals surface area contributed by atoms with Crippen molar-refractivity contribution in [2.24, 2.45) is 7.05 Å². The first-order valence-corrected chi connectivity index (χ1v) is 5.29. The molecular formula is C12H17NO. The summed E-state index contributed by atoms with van der Waals surface area (Å²) in [7, 11) is 1.99.